The van der Waals surface area contributed by atoms with Crippen LogP contribution < -0.4 is 5.69 Å². The largest absolute Gasteiger partial charge is 0.494 e. The van der Waals surface area contributed by atoms with Crippen molar-refractivity contribution in [1.82, 2.24) is 19.2 Å². The number of hydrogen-bond acceptors (Lipinski definition) is 4. The lowest BCUT2D eigenvalue weighted by molar-refractivity contribution is 0.424. The lowest BCUT2D eigenvalue weighted by Gasteiger charge is -2.16. The van der Waals surface area contributed by atoms with E-state index in [4.69, 9.17) is 0 Å². The standard InChI is InChI=1S/C14H22N4O2/c1-7(2)10-11(8(3)4)15-13-16-18(9(5)6)14(20)17(13)12(10)19/h7-9,19H,1-6H3. The minimum absolute atomic E-state index is 0.0365. The molecule has 0 bridgehead atoms. The molecule has 0 saturated heterocycles. The maximum Gasteiger partial charge on any atom is 0.354 e. The van der Waals surface area contributed by atoms with Gasteiger partial charge in [0.2, 0.25) is 5.88 Å². The van der Waals surface area contributed by atoms with Crippen molar-refractivity contribution >= 4 is 5.78 Å². The van der Waals surface area contributed by atoms with Crippen molar-refractivity contribution in [3.8, 4) is 5.88 Å². The fourth-order valence-electron chi connectivity index (χ4n) is 2.36. The summed E-state index contributed by atoms with van der Waals surface area (Å²) in [6, 6.07) is -0.0754. The van der Waals surface area contributed by atoms with Gasteiger partial charge in [-0.15, -0.1) is 5.10 Å². The molecule has 0 spiro atoms. The summed E-state index contributed by atoms with van der Waals surface area (Å²) in [7, 11) is 0. The Hall–Kier alpha value is -1.85. The molecule has 2 aromatic rings. The van der Waals surface area contributed by atoms with Crippen LogP contribution in [0.1, 0.15) is 70.7 Å². The number of nitrogens with zero attached hydrogens (tertiary/aromatic N) is 4. The predicted molar refractivity (Wildman–Crippen MR) is 77.5 cm³/mol. The fraction of sp³-hybridized carbons (Fsp3) is 0.643. The monoisotopic (exact) mass is 278 g/mol. The Balaban J connectivity index is 2.91. The van der Waals surface area contributed by atoms with Crippen LogP contribution in [0.15, 0.2) is 4.79 Å². The van der Waals surface area contributed by atoms with E-state index in [1.165, 1.54) is 9.08 Å². The van der Waals surface area contributed by atoms with Crippen LogP contribution in [0.2, 0.25) is 0 Å². The first-order valence-electron chi connectivity index (χ1n) is 6.99. The molecule has 0 atom stereocenters. The Morgan fingerprint density at radius 2 is 1.65 bits per heavy atom. The zero-order valence-electron chi connectivity index (χ0n) is 12.9. The molecule has 0 aliphatic rings. The minimum Gasteiger partial charge on any atom is -0.494 e. The van der Waals surface area contributed by atoms with Crippen molar-refractivity contribution in [2.24, 2.45) is 0 Å². The van der Waals surface area contributed by atoms with Gasteiger partial charge in [-0.25, -0.2) is 14.5 Å². The number of hydrogen-bond donors (Lipinski definition) is 1. The van der Waals surface area contributed by atoms with Crippen molar-refractivity contribution in [2.45, 2.75) is 59.4 Å². The molecule has 0 aliphatic heterocycles. The van der Waals surface area contributed by atoms with E-state index in [2.05, 4.69) is 10.1 Å². The Bertz CT molecular complexity index is 695. The van der Waals surface area contributed by atoms with Crippen LogP contribution in [0.4, 0.5) is 0 Å². The molecule has 0 unspecified atom stereocenters. The Morgan fingerprint density at radius 1 is 1.05 bits per heavy atom. The molecular formula is C14H22N4O2. The summed E-state index contributed by atoms with van der Waals surface area (Å²) in [5.41, 5.74) is 1.17. The molecule has 0 saturated carbocycles. The molecular weight excluding hydrogens is 256 g/mol. The highest BCUT2D eigenvalue weighted by atomic mass is 16.3. The first kappa shape index (κ1) is 14.6. The second-order valence-corrected chi connectivity index (χ2v) is 6.00. The first-order chi connectivity index (χ1) is 9.25. The lowest BCUT2D eigenvalue weighted by Crippen LogP contribution is -2.23. The number of fused-ring (bicyclic) bond motifs is 1. The van der Waals surface area contributed by atoms with Crippen LogP contribution in [-0.2, 0) is 0 Å². The molecule has 20 heavy (non-hydrogen) atoms. The van der Waals surface area contributed by atoms with Gasteiger partial charge in [0.1, 0.15) is 0 Å². The van der Waals surface area contributed by atoms with Crippen LogP contribution in [0.5, 0.6) is 5.88 Å². The smallest absolute Gasteiger partial charge is 0.354 e. The van der Waals surface area contributed by atoms with Crippen molar-refractivity contribution in [1.29, 1.82) is 0 Å². The van der Waals surface area contributed by atoms with Crippen molar-refractivity contribution < 1.29 is 5.11 Å². The molecule has 0 aromatic carbocycles. The molecule has 6 nitrogen and oxygen atoms in total. The summed E-state index contributed by atoms with van der Waals surface area (Å²) in [6.45, 7) is 11.7. The molecule has 1 N–H and O–H groups in total. The van der Waals surface area contributed by atoms with Gasteiger partial charge in [0.15, 0.2) is 0 Å². The van der Waals surface area contributed by atoms with E-state index in [1.807, 2.05) is 41.5 Å². The van der Waals surface area contributed by atoms with E-state index in [1.54, 1.807) is 0 Å². The Kier molecular flexibility index (Phi) is 3.58. The van der Waals surface area contributed by atoms with Gasteiger partial charge >= 0.3 is 5.69 Å². The highest BCUT2D eigenvalue weighted by Crippen LogP contribution is 2.31. The third-order valence-corrected chi connectivity index (χ3v) is 3.35. The van der Waals surface area contributed by atoms with Gasteiger partial charge < -0.3 is 5.11 Å². The zero-order valence-corrected chi connectivity index (χ0v) is 12.9. The molecule has 0 aliphatic carbocycles. The zero-order chi connectivity index (χ0) is 15.2. The third-order valence-electron chi connectivity index (χ3n) is 3.35. The van der Waals surface area contributed by atoms with Crippen LogP contribution in [0.3, 0.4) is 0 Å². The molecule has 0 fully saturated rings. The summed E-state index contributed by atoms with van der Waals surface area (Å²) < 4.78 is 2.54. The molecule has 2 heterocycles. The maximum atomic E-state index is 12.3. The second kappa shape index (κ2) is 4.92. The van der Waals surface area contributed by atoms with Gasteiger partial charge in [-0.3, -0.25) is 0 Å². The van der Waals surface area contributed by atoms with Crippen LogP contribution in [0, 0.1) is 0 Å². The molecule has 0 radical (unpaired) electrons. The minimum atomic E-state index is -0.350. The highest BCUT2D eigenvalue weighted by molar-refractivity contribution is 5.43. The predicted octanol–water partition coefficient (Wildman–Crippen LogP) is 2.42. The SMILES string of the molecule is CC(C)c1nc2nn(C(C)C)c(=O)n2c(O)c1C(C)C. The van der Waals surface area contributed by atoms with Crippen LogP contribution in [0.25, 0.3) is 5.78 Å². The van der Waals surface area contributed by atoms with E-state index in [0.29, 0.717) is 0 Å². The van der Waals surface area contributed by atoms with E-state index in [-0.39, 0.29) is 35.2 Å². The summed E-state index contributed by atoms with van der Waals surface area (Å²) in [5.74, 6) is 0.459. The summed E-state index contributed by atoms with van der Waals surface area (Å²) in [4.78, 5) is 16.8. The van der Waals surface area contributed by atoms with Crippen molar-refractivity contribution in [2.75, 3.05) is 0 Å². The van der Waals surface area contributed by atoms with Crippen molar-refractivity contribution in [3.63, 3.8) is 0 Å². The number of rotatable bonds is 3. The van der Waals surface area contributed by atoms with E-state index >= 15 is 0 Å². The number of aromatic nitrogens is 4. The average molecular weight is 278 g/mol. The normalized spacial score (nSPS) is 12.2. The molecule has 2 rings (SSSR count). The fourth-order valence-corrected chi connectivity index (χ4v) is 2.36. The first-order valence-corrected chi connectivity index (χ1v) is 6.99. The van der Waals surface area contributed by atoms with Gasteiger partial charge in [-0.2, -0.15) is 4.40 Å². The van der Waals surface area contributed by atoms with E-state index in [9.17, 15) is 9.90 Å². The van der Waals surface area contributed by atoms with E-state index < -0.39 is 0 Å². The molecule has 0 amide bonds. The average Bonchev–Trinajstić information content (AvgIpc) is 2.66. The molecule has 6 heteroatoms. The van der Waals surface area contributed by atoms with Crippen molar-refractivity contribution in [3.05, 3.63) is 21.7 Å². The summed E-state index contributed by atoms with van der Waals surface area (Å²) in [6.07, 6.45) is 0. The van der Waals surface area contributed by atoms with E-state index in [0.717, 1.165) is 11.3 Å². The summed E-state index contributed by atoms with van der Waals surface area (Å²) >= 11 is 0. The van der Waals surface area contributed by atoms with Gasteiger partial charge in [0.05, 0.1) is 11.7 Å². The van der Waals surface area contributed by atoms with Gasteiger partial charge in [0.25, 0.3) is 5.78 Å². The number of aromatic hydroxyl groups is 1. The molecule has 110 valence electrons. The highest BCUT2D eigenvalue weighted by Gasteiger charge is 2.23. The summed E-state index contributed by atoms with van der Waals surface area (Å²) in [5, 5.41) is 14.7. The second-order valence-electron chi connectivity index (χ2n) is 6.00. The third kappa shape index (κ3) is 2.09. The maximum absolute atomic E-state index is 12.3. The van der Waals surface area contributed by atoms with Gasteiger partial charge in [0, 0.05) is 5.56 Å². The lowest BCUT2D eigenvalue weighted by atomic mass is 9.96. The molecule has 2 aromatic heterocycles. The van der Waals surface area contributed by atoms with Gasteiger partial charge in [-0.05, 0) is 25.7 Å². The topological polar surface area (TPSA) is 72.4 Å². The van der Waals surface area contributed by atoms with Crippen LogP contribution in [-0.4, -0.2) is 24.3 Å². The Morgan fingerprint density at radius 3 is 2.10 bits per heavy atom. The van der Waals surface area contributed by atoms with Gasteiger partial charge in [-0.1, -0.05) is 27.7 Å². The quantitative estimate of drug-likeness (QED) is 0.935. The Labute approximate surface area is 118 Å². The van der Waals surface area contributed by atoms with Crippen LogP contribution >= 0.6 is 0 Å².